The number of halogens is 2. The molecule has 3 rings (SSSR count). The summed E-state index contributed by atoms with van der Waals surface area (Å²) in [6.07, 6.45) is 3.77. The molecule has 2 unspecified atom stereocenters. The van der Waals surface area contributed by atoms with Gasteiger partial charge >= 0.3 is 0 Å². The molecule has 0 bridgehead atoms. The number of anilines is 2. The molecule has 1 aliphatic rings. The summed E-state index contributed by atoms with van der Waals surface area (Å²) < 4.78 is 0. The Balaban J connectivity index is 1.77. The number of aromatic nitrogens is 2. The van der Waals surface area contributed by atoms with Crippen LogP contribution in [0.5, 0.6) is 0 Å². The van der Waals surface area contributed by atoms with Crippen LogP contribution < -0.4 is 16.4 Å². The molecule has 1 aromatic heterocycles. The topological polar surface area (TPSA) is 81.1 Å². The van der Waals surface area contributed by atoms with Gasteiger partial charge in [-0.3, -0.25) is 0 Å². The zero-order valence-corrected chi connectivity index (χ0v) is 17.2. The fraction of sp³-hybridized carbons (Fsp3) is 0.444. The van der Waals surface area contributed by atoms with Gasteiger partial charge in [0.1, 0.15) is 10.8 Å². The summed E-state index contributed by atoms with van der Waals surface area (Å²) in [6.45, 7) is 6.14. The van der Waals surface area contributed by atoms with Gasteiger partial charge in [0, 0.05) is 29.4 Å². The van der Waals surface area contributed by atoms with Gasteiger partial charge in [0.25, 0.3) is 0 Å². The molecular weight excluding hydrogens is 389 g/mol. The standard InChI is InChI=1S/C18H23Cl2N5S/c1-3-13(21)18(2)7-8-25(10-18)14-9-23-17(16(22)24-14)26-12-6-4-5-11(19)15(12)20/h4-6,9,13H,3,7-8,10,21H2,1-2H3,(H2,22,24). The smallest absolute Gasteiger partial charge is 0.158 e. The molecule has 0 radical (unpaired) electrons. The molecule has 0 spiro atoms. The number of benzene rings is 1. The minimum absolute atomic E-state index is 0.0902. The van der Waals surface area contributed by atoms with Crippen LogP contribution in [0.4, 0.5) is 11.6 Å². The van der Waals surface area contributed by atoms with Gasteiger partial charge in [-0.1, -0.05) is 54.9 Å². The molecule has 140 valence electrons. The van der Waals surface area contributed by atoms with Crippen LogP contribution >= 0.6 is 35.0 Å². The number of nitrogen functional groups attached to an aromatic ring is 1. The molecule has 26 heavy (non-hydrogen) atoms. The van der Waals surface area contributed by atoms with Crippen LogP contribution in [-0.4, -0.2) is 29.1 Å². The predicted octanol–water partition coefficient (Wildman–Crippen LogP) is 4.47. The first-order chi connectivity index (χ1) is 12.3. The highest BCUT2D eigenvalue weighted by molar-refractivity contribution is 7.99. The van der Waals surface area contributed by atoms with Gasteiger partial charge in [-0.15, -0.1) is 0 Å². The molecule has 1 aromatic carbocycles. The van der Waals surface area contributed by atoms with Crippen molar-refractivity contribution in [2.45, 2.75) is 42.7 Å². The molecule has 8 heteroatoms. The third-order valence-electron chi connectivity index (χ3n) is 5.04. The van der Waals surface area contributed by atoms with Gasteiger partial charge < -0.3 is 16.4 Å². The Labute approximate surface area is 168 Å². The second kappa shape index (κ2) is 7.80. The molecule has 4 N–H and O–H groups in total. The maximum Gasteiger partial charge on any atom is 0.158 e. The van der Waals surface area contributed by atoms with Crippen LogP contribution in [0.2, 0.25) is 10.0 Å². The fourth-order valence-electron chi connectivity index (χ4n) is 3.26. The maximum absolute atomic E-state index is 6.31. The molecule has 1 aliphatic heterocycles. The molecular formula is C18H23Cl2N5S. The summed E-state index contributed by atoms with van der Waals surface area (Å²) >= 11 is 13.7. The number of hydrogen-bond acceptors (Lipinski definition) is 6. The Morgan fingerprint density at radius 2 is 2.15 bits per heavy atom. The van der Waals surface area contributed by atoms with Crippen molar-refractivity contribution in [2.75, 3.05) is 23.7 Å². The average Bonchev–Trinajstić information content (AvgIpc) is 3.03. The lowest BCUT2D eigenvalue weighted by molar-refractivity contribution is 0.281. The zero-order chi connectivity index (χ0) is 18.9. The van der Waals surface area contributed by atoms with E-state index in [1.54, 1.807) is 12.3 Å². The lowest BCUT2D eigenvalue weighted by Gasteiger charge is -2.30. The van der Waals surface area contributed by atoms with Crippen molar-refractivity contribution in [3.05, 3.63) is 34.4 Å². The van der Waals surface area contributed by atoms with Crippen molar-refractivity contribution < 1.29 is 0 Å². The Morgan fingerprint density at radius 1 is 1.38 bits per heavy atom. The van der Waals surface area contributed by atoms with E-state index in [0.29, 0.717) is 20.9 Å². The number of nitrogens with zero attached hydrogens (tertiary/aromatic N) is 3. The van der Waals surface area contributed by atoms with E-state index < -0.39 is 0 Å². The highest BCUT2D eigenvalue weighted by Crippen LogP contribution is 2.39. The van der Waals surface area contributed by atoms with E-state index in [4.69, 9.17) is 34.7 Å². The van der Waals surface area contributed by atoms with Gasteiger partial charge in [-0.25, -0.2) is 9.97 Å². The summed E-state index contributed by atoms with van der Waals surface area (Å²) in [5.41, 5.74) is 12.6. The first-order valence-corrected chi connectivity index (χ1v) is 10.2. The van der Waals surface area contributed by atoms with Crippen molar-refractivity contribution in [1.29, 1.82) is 0 Å². The highest BCUT2D eigenvalue weighted by Gasteiger charge is 2.38. The van der Waals surface area contributed by atoms with Crippen molar-refractivity contribution in [2.24, 2.45) is 11.1 Å². The predicted molar refractivity (Wildman–Crippen MR) is 110 cm³/mol. The van der Waals surface area contributed by atoms with Crippen LogP contribution in [0.3, 0.4) is 0 Å². The molecule has 0 aliphatic carbocycles. The molecule has 0 saturated carbocycles. The zero-order valence-electron chi connectivity index (χ0n) is 14.9. The number of hydrogen-bond donors (Lipinski definition) is 2. The lowest BCUT2D eigenvalue weighted by atomic mass is 9.81. The van der Waals surface area contributed by atoms with Crippen LogP contribution in [0.15, 0.2) is 34.3 Å². The second-order valence-corrected chi connectivity index (χ2v) is 8.73. The van der Waals surface area contributed by atoms with Crippen LogP contribution in [0.25, 0.3) is 0 Å². The third-order valence-corrected chi connectivity index (χ3v) is 7.04. The van der Waals surface area contributed by atoms with Crippen molar-refractivity contribution in [1.82, 2.24) is 9.97 Å². The van der Waals surface area contributed by atoms with Gasteiger partial charge in [0.2, 0.25) is 0 Å². The van der Waals surface area contributed by atoms with Crippen molar-refractivity contribution in [3.8, 4) is 0 Å². The fourth-order valence-corrected chi connectivity index (χ4v) is 4.54. The van der Waals surface area contributed by atoms with E-state index in [9.17, 15) is 0 Å². The second-order valence-electron chi connectivity index (χ2n) is 6.91. The lowest BCUT2D eigenvalue weighted by Crippen LogP contribution is -2.41. The van der Waals surface area contributed by atoms with Crippen LogP contribution in [0, 0.1) is 5.41 Å². The molecule has 2 atom stereocenters. The van der Waals surface area contributed by atoms with Gasteiger partial charge in [-0.2, -0.15) is 0 Å². The largest absolute Gasteiger partial charge is 0.381 e. The van der Waals surface area contributed by atoms with E-state index in [2.05, 4.69) is 28.7 Å². The summed E-state index contributed by atoms with van der Waals surface area (Å²) in [7, 11) is 0. The van der Waals surface area contributed by atoms with Crippen LogP contribution in [0.1, 0.15) is 26.7 Å². The monoisotopic (exact) mass is 411 g/mol. The van der Waals surface area contributed by atoms with Gasteiger partial charge in [0.05, 0.1) is 16.2 Å². The van der Waals surface area contributed by atoms with Crippen molar-refractivity contribution >= 4 is 46.6 Å². The minimum atomic E-state index is 0.0902. The third kappa shape index (κ3) is 3.88. The Bertz CT molecular complexity index is 803. The SMILES string of the molecule is CCC(N)C1(C)CCN(c2cnc(Sc3cccc(Cl)c3Cl)c(N)n2)C1. The van der Waals surface area contributed by atoms with Gasteiger partial charge in [0.15, 0.2) is 5.82 Å². The quantitative estimate of drug-likeness (QED) is 0.754. The minimum Gasteiger partial charge on any atom is -0.381 e. The van der Waals surface area contributed by atoms with Crippen molar-refractivity contribution in [3.63, 3.8) is 0 Å². The van der Waals surface area contributed by atoms with Crippen LogP contribution in [-0.2, 0) is 0 Å². The normalized spacial score (nSPS) is 21.2. The van der Waals surface area contributed by atoms with Gasteiger partial charge in [-0.05, 0) is 25.0 Å². The number of rotatable bonds is 5. The Morgan fingerprint density at radius 3 is 2.85 bits per heavy atom. The highest BCUT2D eigenvalue weighted by atomic mass is 35.5. The summed E-state index contributed by atoms with van der Waals surface area (Å²) in [6, 6.07) is 5.65. The van der Waals surface area contributed by atoms with E-state index in [1.165, 1.54) is 11.8 Å². The molecule has 2 aromatic rings. The maximum atomic E-state index is 6.31. The molecule has 0 amide bonds. The first-order valence-electron chi connectivity index (χ1n) is 8.59. The summed E-state index contributed by atoms with van der Waals surface area (Å²) in [5.74, 6) is 1.17. The Kier molecular flexibility index (Phi) is 5.87. The average molecular weight is 412 g/mol. The molecule has 5 nitrogen and oxygen atoms in total. The molecule has 2 heterocycles. The molecule has 1 fully saturated rings. The Hall–Kier alpha value is -1.21. The summed E-state index contributed by atoms with van der Waals surface area (Å²) in [4.78, 5) is 12.1. The van der Waals surface area contributed by atoms with E-state index >= 15 is 0 Å². The number of nitrogens with two attached hydrogens (primary N) is 2. The first kappa shape index (κ1) is 19.5. The van der Waals surface area contributed by atoms with E-state index in [1.807, 2.05) is 12.1 Å². The summed E-state index contributed by atoms with van der Waals surface area (Å²) in [5, 5.41) is 1.61. The molecule has 1 saturated heterocycles. The van der Waals surface area contributed by atoms with E-state index in [-0.39, 0.29) is 11.5 Å². The van der Waals surface area contributed by atoms with E-state index in [0.717, 1.165) is 36.6 Å².